The van der Waals surface area contributed by atoms with Gasteiger partial charge in [0.2, 0.25) is 0 Å². The number of thioether (sulfide) groups is 1. The summed E-state index contributed by atoms with van der Waals surface area (Å²) in [4.78, 5) is 27.7. The molecule has 2 amide bonds. The minimum Gasteiger partial charge on any atom is -0.465 e. The second kappa shape index (κ2) is 14.6. The van der Waals surface area contributed by atoms with Crippen LogP contribution in [0.25, 0.3) is 0 Å². The molecule has 0 bridgehead atoms. The number of hydrogen-bond acceptors (Lipinski definition) is 8. The van der Waals surface area contributed by atoms with E-state index >= 15 is 0 Å². The van der Waals surface area contributed by atoms with Crippen LogP contribution in [-0.4, -0.2) is 47.1 Å². The van der Waals surface area contributed by atoms with Gasteiger partial charge in [-0.3, -0.25) is 4.79 Å². The molecule has 0 saturated carbocycles. The number of aromatic nitrogens is 1. The lowest BCUT2D eigenvalue weighted by molar-refractivity contribution is -0.245. The highest BCUT2D eigenvalue weighted by molar-refractivity contribution is 7.99. The maximum absolute atomic E-state index is 12.0. The zero-order valence-corrected chi connectivity index (χ0v) is 22.6. The summed E-state index contributed by atoms with van der Waals surface area (Å²) in [5, 5.41) is 15.5. The number of ether oxygens (including phenoxy) is 3. The van der Waals surface area contributed by atoms with E-state index in [2.05, 4.69) is 15.6 Å². The van der Waals surface area contributed by atoms with E-state index in [9.17, 15) is 14.7 Å². The molecule has 2 aromatic carbocycles. The van der Waals surface area contributed by atoms with Crippen molar-refractivity contribution in [1.29, 1.82) is 0 Å². The van der Waals surface area contributed by atoms with Crippen molar-refractivity contribution in [3.63, 3.8) is 0 Å². The monoisotopic (exact) mass is 551 g/mol. The van der Waals surface area contributed by atoms with Crippen molar-refractivity contribution in [1.82, 2.24) is 15.6 Å². The molecule has 3 aromatic rings. The quantitative estimate of drug-likeness (QED) is 0.239. The van der Waals surface area contributed by atoms with Gasteiger partial charge >= 0.3 is 12.0 Å². The Hall–Kier alpha value is -3.44. The maximum Gasteiger partial charge on any atom is 0.325 e. The van der Waals surface area contributed by atoms with Gasteiger partial charge in [-0.15, -0.1) is 11.8 Å². The van der Waals surface area contributed by atoms with E-state index in [0.29, 0.717) is 13.0 Å². The summed E-state index contributed by atoms with van der Waals surface area (Å²) in [5.74, 6) is 0.245. The summed E-state index contributed by atoms with van der Waals surface area (Å²) in [7, 11) is 0. The van der Waals surface area contributed by atoms with Crippen molar-refractivity contribution in [3.8, 4) is 0 Å². The van der Waals surface area contributed by atoms with Crippen LogP contribution in [0.5, 0.6) is 0 Å². The Bertz CT molecular complexity index is 1190. The molecule has 1 aliphatic heterocycles. The molecule has 4 rings (SSSR count). The molecule has 9 nitrogen and oxygen atoms in total. The Labute approximate surface area is 232 Å². The minimum atomic E-state index is -0.564. The van der Waals surface area contributed by atoms with Crippen molar-refractivity contribution < 1.29 is 28.9 Å². The van der Waals surface area contributed by atoms with Crippen molar-refractivity contribution in [3.05, 3.63) is 95.2 Å². The normalized spacial score (nSPS) is 18.8. The largest absolute Gasteiger partial charge is 0.465 e. The number of rotatable bonds is 11. The number of benzene rings is 2. The first-order valence-corrected chi connectivity index (χ1v) is 13.8. The Balaban J connectivity index is 1.39. The molecule has 39 heavy (non-hydrogen) atoms. The van der Waals surface area contributed by atoms with Crippen LogP contribution in [0.15, 0.2) is 78.0 Å². The van der Waals surface area contributed by atoms with Crippen LogP contribution < -0.4 is 10.6 Å². The number of carbonyl (C=O) groups excluding carboxylic acids is 2. The van der Waals surface area contributed by atoms with Crippen LogP contribution in [0.3, 0.4) is 0 Å². The molecule has 0 unspecified atom stereocenters. The van der Waals surface area contributed by atoms with Crippen LogP contribution in [0.4, 0.5) is 4.79 Å². The fraction of sp³-hybridized carbons (Fsp3) is 0.345. The molecule has 0 radical (unpaired) electrons. The number of pyridine rings is 1. The summed E-state index contributed by atoms with van der Waals surface area (Å²) < 4.78 is 17.6. The van der Waals surface area contributed by atoms with E-state index in [1.807, 2.05) is 66.7 Å². The first-order valence-electron chi connectivity index (χ1n) is 12.8. The van der Waals surface area contributed by atoms with E-state index in [0.717, 1.165) is 33.0 Å². The molecule has 3 atom stereocenters. The Morgan fingerprint density at radius 1 is 1.00 bits per heavy atom. The molecule has 10 heteroatoms. The molecule has 1 aromatic heterocycles. The fourth-order valence-electron chi connectivity index (χ4n) is 4.04. The number of urea groups is 1. The highest BCUT2D eigenvalue weighted by atomic mass is 32.2. The third-order valence-corrected chi connectivity index (χ3v) is 7.15. The maximum atomic E-state index is 12.0. The standard InChI is InChI=1S/C29H33N3O6S/c1-2-36-27(34)17-32-29(35)31-16-20-6-12-23(13-7-20)28-37-24(19-39-26-5-3-4-14-30-26)15-25(38-28)22-10-8-21(18-33)9-11-22/h3-14,24-25,28,33H,2,15-19H2,1H3,(H2,31,32,35)/t24-,25+,28+/m1/s1. The Kier molecular flexibility index (Phi) is 10.7. The number of amides is 2. The van der Waals surface area contributed by atoms with E-state index in [1.54, 1.807) is 24.9 Å². The molecule has 3 N–H and O–H groups in total. The smallest absolute Gasteiger partial charge is 0.325 e. The molecule has 1 aliphatic rings. The van der Waals surface area contributed by atoms with Gasteiger partial charge in [-0.1, -0.05) is 54.6 Å². The van der Waals surface area contributed by atoms with Gasteiger partial charge in [0.05, 0.1) is 30.4 Å². The van der Waals surface area contributed by atoms with Gasteiger partial charge in [0.15, 0.2) is 6.29 Å². The van der Waals surface area contributed by atoms with Gasteiger partial charge in [-0.05, 0) is 35.7 Å². The number of esters is 1. The average Bonchev–Trinajstić information content (AvgIpc) is 2.99. The van der Waals surface area contributed by atoms with E-state index in [1.165, 1.54) is 0 Å². The lowest BCUT2D eigenvalue weighted by Crippen LogP contribution is -2.38. The molecule has 0 spiro atoms. The average molecular weight is 552 g/mol. The van der Waals surface area contributed by atoms with Gasteiger partial charge in [0, 0.05) is 30.5 Å². The highest BCUT2D eigenvalue weighted by Crippen LogP contribution is 2.39. The molecular weight excluding hydrogens is 518 g/mol. The van der Waals surface area contributed by atoms with Crippen LogP contribution in [0, 0.1) is 0 Å². The second-order valence-corrected chi connectivity index (χ2v) is 9.95. The minimum absolute atomic E-state index is 0.00482. The molecule has 206 valence electrons. The fourth-order valence-corrected chi connectivity index (χ4v) is 4.92. The first-order chi connectivity index (χ1) is 19.0. The first kappa shape index (κ1) is 28.6. The SMILES string of the molecule is CCOC(=O)CNC(=O)NCc1ccc([C@H]2O[C@@H](CSc3ccccn3)C[C@@H](c3ccc(CO)cc3)O2)cc1. The Morgan fingerprint density at radius 2 is 1.74 bits per heavy atom. The lowest BCUT2D eigenvalue weighted by atomic mass is 10.0. The summed E-state index contributed by atoms with van der Waals surface area (Å²) in [6.07, 6.45) is 1.67. The topological polar surface area (TPSA) is 119 Å². The van der Waals surface area contributed by atoms with E-state index in [4.69, 9.17) is 14.2 Å². The predicted molar refractivity (Wildman–Crippen MR) is 147 cm³/mol. The van der Waals surface area contributed by atoms with Crippen LogP contribution in [0.2, 0.25) is 0 Å². The van der Waals surface area contributed by atoms with Gasteiger partial charge < -0.3 is 30.0 Å². The van der Waals surface area contributed by atoms with Crippen LogP contribution in [0.1, 0.15) is 48.0 Å². The van der Waals surface area contributed by atoms with Gasteiger partial charge in [0.25, 0.3) is 0 Å². The summed E-state index contributed by atoms with van der Waals surface area (Å²) in [6, 6.07) is 20.9. The lowest BCUT2D eigenvalue weighted by Gasteiger charge is -2.36. The molecule has 1 fully saturated rings. The van der Waals surface area contributed by atoms with Gasteiger partial charge in [-0.2, -0.15) is 0 Å². The number of aliphatic hydroxyl groups excluding tert-OH is 1. The zero-order chi connectivity index (χ0) is 27.5. The predicted octanol–water partition coefficient (Wildman–Crippen LogP) is 4.27. The highest BCUT2D eigenvalue weighted by Gasteiger charge is 2.32. The zero-order valence-electron chi connectivity index (χ0n) is 21.7. The van der Waals surface area contributed by atoms with Crippen molar-refractivity contribution >= 4 is 23.8 Å². The van der Waals surface area contributed by atoms with Crippen LogP contribution >= 0.6 is 11.8 Å². The molecular formula is C29H33N3O6S. The molecule has 2 heterocycles. The summed E-state index contributed by atoms with van der Waals surface area (Å²) in [5.41, 5.74) is 3.64. The molecule has 0 aliphatic carbocycles. The summed E-state index contributed by atoms with van der Waals surface area (Å²) in [6.45, 7) is 2.09. The van der Waals surface area contributed by atoms with Crippen LogP contribution in [-0.2, 0) is 32.2 Å². The van der Waals surface area contributed by atoms with Crippen molar-refractivity contribution in [2.24, 2.45) is 0 Å². The van der Waals surface area contributed by atoms with Crippen molar-refractivity contribution in [2.75, 3.05) is 18.9 Å². The van der Waals surface area contributed by atoms with Crippen molar-refractivity contribution in [2.45, 2.75) is 50.0 Å². The number of aliphatic hydroxyl groups is 1. The third-order valence-electron chi connectivity index (χ3n) is 6.07. The number of hydrogen-bond donors (Lipinski definition) is 3. The Morgan fingerprint density at radius 3 is 2.44 bits per heavy atom. The summed E-state index contributed by atoms with van der Waals surface area (Å²) >= 11 is 1.65. The van der Waals surface area contributed by atoms with E-state index in [-0.39, 0.29) is 32.0 Å². The molecule has 1 saturated heterocycles. The van der Waals surface area contributed by atoms with Gasteiger partial charge in [-0.25, -0.2) is 9.78 Å². The van der Waals surface area contributed by atoms with Gasteiger partial charge in [0.1, 0.15) is 6.54 Å². The number of carbonyl (C=O) groups is 2. The number of nitrogens with one attached hydrogen (secondary N) is 2. The third kappa shape index (κ3) is 8.79. The van der Waals surface area contributed by atoms with E-state index < -0.39 is 18.3 Å². The number of nitrogens with zero attached hydrogens (tertiary/aromatic N) is 1. The second-order valence-electron chi connectivity index (χ2n) is 8.91.